The number of nitrogens with zero attached hydrogens (tertiary/aromatic N) is 2. The summed E-state index contributed by atoms with van der Waals surface area (Å²) in [6, 6.07) is 14.9. The van der Waals surface area contributed by atoms with Crippen molar-refractivity contribution < 1.29 is 0 Å². The number of hydrogen-bond acceptors (Lipinski definition) is 2. The first-order valence-corrected chi connectivity index (χ1v) is 7.51. The third-order valence-electron chi connectivity index (χ3n) is 3.89. The molecule has 0 bridgehead atoms. The topological polar surface area (TPSA) is 43.8 Å². The molecule has 0 aliphatic carbocycles. The molecule has 0 spiro atoms. The molecule has 2 aromatic carbocycles. The van der Waals surface area contributed by atoms with Crippen LogP contribution in [-0.4, -0.2) is 16.1 Å². The number of benzene rings is 2. The van der Waals surface area contributed by atoms with Crippen LogP contribution >= 0.6 is 0 Å². The van der Waals surface area contributed by atoms with Gasteiger partial charge in [-0.25, -0.2) is 4.98 Å². The molecule has 0 aliphatic heterocycles. The first-order chi connectivity index (χ1) is 10.2. The van der Waals surface area contributed by atoms with Gasteiger partial charge in [-0.05, 0) is 49.2 Å². The maximum absolute atomic E-state index is 5.62. The fourth-order valence-corrected chi connectivity index (χ4v) is 2.84. The van der Waals surface area contributed by atoms with Crippen LogP contribution in [-0.2, 0) is 12.8 Å². The van der Waals surface area contributed by atoms with E-state index in [-0.39, 0.29) is 0 Å². The molecule has 3 rings (SSSR count). The Morgan fingerprint density at radius 2 is 1.86 bits per heavy atom. The summed E-state index contributed by atoms with van der Waals surface area (Å²) in [6.45, 7) is 4.98. The first-order valence-electron chi connectivity index (χ1n) is 7.51. The molecular weight excluding hydrogens is 258 g/mol. The Kier molecular flexibility index (Phi) is 3.76. The van der Waals surface area contributed by atoms with Crippen LogP contribution in [0, 0.1) is 6.92 Å². The maximum atomic E-state index is 5.62. The summed E-state index contributed by atoms with van der Waals surface area (Å²) in [6.07, 6.45) is 1.84. The SMILES string of the molecule is CCc1nc2cccc(C)c2n1-c1ccc(CCN)cc1. The van der Waals surface area contributed by atoms with E-state index >= 15 is 0 Å². The van der Waals surface area contributed by atoms with Crippen molar-refractivity contribution in [2.24, 2.45) is 5.73 Å². The number of aryl methyl sites for hydroxylation is 2. The Labute approximate surface area is 125 Å². The third kappa shape index (κ3) is 2.45. The van der Waals surface area contributed by atoms with E-state index < -0.39 is 0 Å². The summed E-state index contributed by atoms with van der Waals surface area (Å²) in [7, 11) is 0. The van der Waals surface area contributed by atoms with Crippen LogP contribution in [0.5, 0.6) is 0 Å². The second-order valence-corrected chi connectivity index (χ2v) is 5.36. The molecule has 2 N–H and O–H groups in total. The number of nitrogens with two attached hydrogens (primary N) is 1. The summed E-state index contributed by atoms with van der Waals surface area (Å²) < 4.78 is 2.27. The predicted molar refractivity (Wildman–Crippen MR) is 87.9 cm³/mol. The van der Waals surface area contributed by atoms with E-state index in [0.29, 0.717) is 6.54 Å². The van der Waals surface area contributed by atoms with Crippen molar-refractivity contribution in [2.45, 2.75) is 26.7 Å². The highest BCUT2D eigenvalue weighted by atomic mass is 15.1. The Balaban J connectivity index is 2.18. The predicted octanol–water partition coefficient (Wildman–Crippen LogP) is 3.40. The smallest absolute Gasteiger partial charge is 0.114 e. The average Bonchev–Trinajstić information content (AvgIpc) is 2.88. The van der Waals surface area contributed by atoms with Crippen molar-refractivity contribution >= 4 is 11.0 Å². The molecule has 0 unspecified atom stereocenters. The monoisotopic (exact) mass is 279 g/mol. The lowest BCUT2D eigenvalue weighted by molar-refractivity contribution is 0.904. The van der Waals surface area contributed by atoms with E-state index in [4.69, 9.17) is 10.7 Å². The summed E-state index contributed by atoms with van der Waals surface area (Å²) in [5.41, 5.74) is 11.6. The molecule has 3 nitrogen and oxygen atoms in total. The van der Waals surface area contributed by atoms with Crippen molar-refractivity contribution in [3.8, 4) is 5.69 Å². The van der Waals surface area contributed by atoms with Gasteiger partial charge >= 0.3 is 0 Å². The lowest BCUT2D eigenvalue weighted by atomic mass is 10.1. The van der Waals surface area contributed by atoms with Gasteiger partial charge in [0, 0.05) is 12.1 Å². The largest absolute Gasteiger partial charge is 0.330 e. The molecule has 0 saturated heterocycles. The highest BCUT2D eigenvalue weighted by Gasteiger charge is 2.12. The van der Waals surface area contributed by atoms with Crippen LogP contribution in [0.15, 0.2) is 42.5 Å². The number of rotatable bonds is 4. The zero-order valence-corrected chi connectivity index (χ0v) is 12.6. The van der Waals surface area contributed by atoms with Crippen molar-refractivity contribution in [3.05, 3.63) is 59.4 Å². The van der Waals surface area contributed by atoms with Crippen molar-refractivity contribution in [1.29, 1.82) is 0 Å². The van der Waals surface area contributed by atoms with Gasteiger partial charge in [0.25, 0.3) is 0 Å². The van der Waals surface area contributed by atoms with Crippen LogP contribution in [0.2, 0.25) is 0 Å². The molecule has 0 radical (unpaired) electrons. The van der Waals surface area contributed by atoms with Crippen molar-refractivity contribution in [2.75, 3.05) is 6.54 Å². The first kappa shape index (κ1) is 13.8. The minimum atomic E-state index is 0.687. The van der Waals surface area contributed by atoms with Crippen LogP contribution in [0.3, 0.4) is 0 Å². The van der Waals surface area contributed by atoms with Gasteiger partial charge in [-0.15, -0.1) is 0 Å². The number of fused-ring (bicyclic) bond motifs is 1. The van der Waals surface area contributed by atoms with Gasteiger partial charge in [0.2, 0.25) is 0 Å². The molecule has 3 aromatic rings. The second kappa shape index (κ2) is 5.70. The summed E-state index contributed by atoms with van der Waals surface area (Å²) in [4.78, 5) is 4.77. The third-order valence-corrected chi connectivity index (χ3v) is 3.89. The molecule has 0 fully saturated rings. The van der Waals surface area contributed by atoms with E-state index in [2.05, 4.69) is 60.9 Å². The minimum absolute atomic E-state index is 0.687. The lowest BCUT2D eigenvalue weighted by Crippen LogP contribution is -2.04. The molecule has 1 heterocycles. The molecule has 0 atom stereocenters. The van der Waals surface area contributed by atoms with Crippen LogP contribution in [0.4, 0.5) is 0 Å². The van der Waals surface area contributed by atoms with Crippen molar-refractivity contribution in [1.82, 2.24) is 9.55 Å². The number of hydrogen-bond donors (Lipinski definition) is 1. The van der Waals surface area contributed by atoms with Crippen LogP contribution in [0.25, 0.3) is 16.7 Å². The fraction of sp³-hybridized carbons (Fsp3) is 0.278. The molecule has 0 saturated carbocycles. The lowest BCUT2D eigenvalue weighted by Gasteiger charge is -2.10. The zero-order valence-electron chi connectivity index (χ0n) is 12.6. The van der Waals surface area contributed by atoms with Gasteiger partial charge in [-0.3, -0.25) is 4.57 Å². The van der Waals surface area contributed by atoms with Crippen LogP contribution in [0.1, 0.15) is 23.9 Å². The highest BCUT2D eigenvalue weighted by Crippen LogP contribution is 2.25. The summed E-state index contributed by atoms with van der Waals surface area (Å²) in [5, 5.41) is 0. The van der Waals surface area contributed by atoms with Gasteiger partial charge in [0.05, 0.1) is 11.0 Å². The molecular formula is C18H21N3. The maximum Gasteiger partial charge on any atom is 0.114 e. The van der Waals surface area contributed by atoms with Gasteiger partial charge in [0.15, 0.2) is 0 Å². The zero-order chi connectivity index (χ0) is 14.8. The highest BCUT2D eigenvalue weighted by molar-refractivity contribution is 5.81. The Morgan fingerprint density at radius 3 is 2.52 bits per heavy atom. The summed E-state index contributed by atoms with van der Waals surface area (Å²) >= 11 is 0. The van der Waals surface area contributed by atoms with Crippen LogP contribution < -0.4 is 5.73 Å². The normalized spacial score (nSPS) is 11.2. The molecule has 3 heteroatoms. The van der Waals surface area contributed by atoms with E-state index in [1.807, 2.05) is 0 Å². The molecule has 0 amide bonds. The van der Waals surface area contributed by atoms with Gasteiger partial charge in [0.1, 0.15) is 5.82 Å². The second-order valence-electron chi connectivity index (χ2n) is 5.36. The fourth-order valence-electron chi connectivity index (χ4n) is 2.84. The molecule has 21 heavy (non-hydrogen) atoms. The molecule has 0 aliphatic rings. The number of imidazole rings is 1. The summed E-state index contributed by atoms with van der Waals surface area (Å²) in [5.74, 6) is 1.10. The standard InChI is InChI=1S/C18H21N3/c1-3-17-20-16-6-4-5-13(2)18(16)21(17)15-9-7-14(8-10-15)11-12-19/h4-10H,3,11-12,19H2,1-2H3. The Hall–Kier alpha value is -2.13. The Morgan fingerprint density at radius 1 is 1.10 bits per heavy atom. The number of para-hydroxylation sites is 1. The van der Waals surface area contributed by atoms with E-state index in [1.165, 1.54) is 22.3 Å². The Bertz CT molecular complexity index is 754. The minimum Gasteiger partial charge on any atom is -0.330 e. The van der Waals surface area contributed by atoms with E-state index in [9.17, 15) is 0 Å². The average molecular weight is 279 g/mol. The van der Waals surface area contributed by atoms with E-state index in [1.54, 1.807) is 0 Å². The van der Waals surface area contributed by atoms with Crippen molar-refractivity contribution in [3.63, 3.8) is 0 Å². The van der Waals surface area contributed by atoms with Gasteiger partial charge in [-0.1, -0.05) is 31.2 Å². The molecule has 108 valence electrons. The van der Waals surface area contributed by atoms with E-state index in [0.717, 1.165) is 24.2 Å². The molecule has 1 aromatic heterocycles. The van der Waals surface area contributed by atoms with Gasteiger partial charge < -0.3 is 5.73 Å². The number of aromatic nitrogens is 2. The quantitative estimate of drug-likeness (QED) is 0.795. The van der Waals surface area contributed by atoms with Gasteiger partial charge in [-0.2, -0.15) is 0 Å².